The third kappa shape index (κ3) is 3.72. The Morgan fingerprint density at radius 3 is 2.25 bits per heavy atom. The van der Waals surface area contributed by atoms with Crippen molar-refractivity contribution in [3.63, 3.8) is 0 Å². The summed E-state index contributed by atoms with van der Waals surface area (Å²) in [5, 5.41) is 10.9. The van der Waals surface area contributed by atoms with E-state index in [4.69, 9.17) is 0 Å². The van der Waals surface area contributed by atoms with Crippen LogP contribution in [0.1, 0.15) is 62.3 Å². The van der Waals surface area contributed by atoms with Crippen LogP contribution in [0, 0.1) is 0 Å². The molecule has 1 unspecified atom stereocenters. The molecular formula is C24H27NO3. The van der Waals surface area contributed by atoms with Crippen LogP contribution >= 0.6 is 0 Å². The molecule has 0 radical (unpaired) electrons. The molecule has 1 aliphatic rings. The van der Waals surface area contributed by atoms with Gasteiger partial charge in [-0.05, 0) is 23.5 Å². The Balaban J connectivity index is 2.12. The number of aliphatic hydroxyl groups excluding tert-OH is 1. The average molecular weight is 377 g/mol. The van der Waals surface area contributed by atoms with Gasteiger partial charge >= 0.3 is 0 Å². The third-order valence-corrected chi connectivity index (χ3v) is 5.26. The first-order chi connectivity index (χ1) is 13.5. The Morgan fingerprint density at radius 1 is 1.04 bits per heavy atom. The number of hydrogen-bond acceptors (Lipinski definition) is 3. The van der Waals surface area contributed by atoms with Gasteiger partial charge in [-0.2, -0.15) is 0 Å². The molecule has 0 saturated carbocycles. The van der Waals surface area contributed by atoms with E-state index in [0.717, 1.165) is 18.4 Å². The van der Waals surface area contributed by atoms with Gasteiger partial charge in [0, 0.05) is 12.1 Å². The summed E-state index contributed by atoms with van der Waals surface area (Å²) in [4.78, 5) is 27.2. The molecule has 1 saturated heterocycles. The molecule has 0 aromatic heterocycles. The Morgan fingerprint density at radius 2 is 1.68 bits per heavy atom. The highest BCUT2D eigenvalue weighted by molar-refractivity contribution is 6.46. The highest BCUT2D eigenvalue weighted by Gasteiger charge is 2.45. The first-order valence-corrected chi connectivity index (χ1v) is 9.89. The number of likely N-dealkylation sites (tertiary alicyclic amines) is 1. The lowest BCUT2D eigenvalue weighted by Crippen LogP contribution is -2.30. The summed E-state index contributed by atoms with van der Waals surface area (Å²) in [6, 6.07) is 16.4. The van der Waals surface area contributed by atoms with Crippen molar-refractivity contribution in [3.05, 3.63) is 76.9 Å². The molecule has 1 heterocycles. The molecule has 1 N–H and O–H groups in total. The van der Waals surface area contributed by atoms with Gasteiger partial charge in [0.1, 0.15) is 5.76 Å². The molecule has 4 nitrogen and oxygen atoms in total. The van der Waals surface area contributed by atoms with Crippen LogP contribution in [0.2, 0.25) is 0 Å². The lowest BCUT2D eigenvalue weighted by molar-refractivity contribution is -0.139. The van der Waals surface area contributed by atoms with Crippen molar-refractivity contribution in [2.45, 2.75) is 45.6 Å². The van der Waals surface area contributed by atoms with Gasteiger partial charge in [-0.25, -0.2) is 0 Å². The molecule has 0 spiro atoms. The zero-order chi connectivity index (χ0) is 20.3. The van der Waals surface area contributed by atoms with Crippen LogP contribution in [0.3, 0.4) is 0 Å². The standard InChI is InChI=1S/C24H27NO3/c1-4-5-15-25-21(18-13-11-17(12-14-18)16(2)3)20(23(27)24(25)28)22(26)19-9-7-6-8-10-19/h6-14,16,21,26H,4-5,15H2,1-3H3/b22-20-. The molecule has 0 bridgehead atoms. The van der Waals surface area contributed by atoms with Crippen molar-refractivity contribution in [1.29, 1.82) is 0 Å². The normalized spacial score (nSPS) is 18.9. The number of carbonyl (C=O) groups excluding carboxylic acids is 2. The summed E-state index contributed by atoms with van der Waals surface area (Å²) in [6.45, 7) is 6.78. The fourth-order valence-electron chi connectivity index (χ4n) is 3.60. The second-order valence-corrected chi connectivity index (χ2v) is 7.53. The van der Waals surface area contributed by atoms with Gasteiger partial charge < -0.3 is 10.0 Å². The Kier molecular flexibility index (Phi) is 5.98. The summed E-state index contributed by atoms with van der Waals surface area (Å²) in [5.74, 6) is -0.875. The molecule has 2 aromatic carbocycles. The zero-order valence-corrected chi connectivity index (χ0v) is 16.7. The number of aliphatic hydroxyl groups is 1. The maximum absolute atomic E-state index is 12.8. The number of Topliss-reactive ketones (excluding diaryl/α,β-unsaturated/α-hetero) is 1. The largest absolute Gasteiger partial charge is 0.507 e. The molecule has 1 amide bonds. The molecule has 0 aliphatic carbocycles. The molecule has 1 atom stereocenters. The number of hydrogen-bond donors (Lipinski definition) is 1. The maximum atomic E-state index is 12.8. The highest BCUT2D eigenvalue weighted by atomic mass is 16.3. The van der Waals surface area contributed by atoms with Gasteiger partial charge in [0.2, 0.25) is 0 Å². The van der Waals surface area contributed by atoms with Crippen molar-refractivity contribution >= 4 is 17.4 Å². The van der Waals surface area contributed by atoms with Crippen molar-refractivity contribution in [2.75, 3.05) is 6.54 Å². The molecule has 3 rings (SSSR count). The van der Waals surface area contributed by atoms with Crippen molar-refractivity contribution in [2.24, 2.45) is 0 Å². The molecule has 28 heavy (non-hydrogen) atoms. The quantitative estimate of drug-likeness (QED) is 0.436. The van der Waals surface area contributed by atoms with Gasteiger partial charge in [0.15, 0.2) is 0 Å². The van der Waals surface area contributed by atoms with E-state index >= 15 is 0 Å². The number of amides is 1. The smallest absolute Gasteiger partial charge is 0.295 e. The van der Waals surface area contributed by atoms with Crippen LogP contribution < -0.4 is 0 Å². The van der Waals surface area contributed by atoms with E-state index in [9.17, 15) is 14.7 Å². The van der Waals surface area contributed by atoms with Gasteiger partial charge in [-0.1, -0.05) is 81.8 Å². The third-order valence-electron chi connectivity index (χ3n) is 5.26. The van der Waals surface area contributed by atoms with Gasteiger partial charge in [-0.15, -0.1) is 0 Å². The lowest BCUT2D eigenvalue weighted by atomic mass is 9.93. The summed E-state index contributed by atoms with van der Waals surface area (Å²) < 4.78 is 0. The highest BCUT2D eigenvalue weighted by Crippen LogP contribution is 2.39. The van der Waals surface area contributed by atoms with Crippen LogP contribution in [0.4, 0.5) is 0 Å². The number of carbonyl (C=O) groups is 2. The lowest BCUT2D eigenvalue weighted by Gasteiger charge is -2.25. The molecule has 2 aromatic rings. The molecule has 146 valence electrons. The van der Waals surface area contributed by atoms with Gasteiger partial charge in [0.05, 0.1) is 11.6 Å². The second-order valence-electron chi connectivity index (χ2n) is 7.53. The Bertz CT molecular complexity index is 882. The average Bonchev–Trinajstić information content (AvgIpc) is 2.97. The first-order valence-electron chi connectivity index (χ1n) is 9.89. The SMILES string of the molecule is CCCCN1C(=O)C(=O)/C(=C(\O)c2ccccc2)C1c1ccc(C(C)C)cc1. The van der Waals surface area contributed by atoms with Crippen LogP contribution in [-0.4, -0.2) is 28.2 Å². The Hall–Kier alpha value is -2.88. The minimum Gasteiger partial charge on any atom is -0.507 e. The van der Waals surface area contributed by atoms with Crippen molar-refractivity contribution in [3.8, 4) is 0 Å². The number of unbranched alkanes of at least 4 members (excludes halogenated alkanes) is 1. The first kappa shape index (κ1) is 19.9. The van der Waals surface area contributed by atoms with Crippen LogP contribution in [0.25, 0.3) is 5.76 Å². The second kappa shape index (κ2) is 8.42. The fraction of sp³-hybridized carbons (Fsp3) is 0.333. The van der Waals surface area contributed by atoms with Crippen molar-refractivity contribution in [1.82, 2.24) is 4.90 Å². The summed E-state index contributed by atoms with van der Waals surface area (Å²) in [5.41, 5.74) is 2.75. The zero-order valence-electron chi connectivity index (χ0n) is 16.7. The monoisotopic (exact) mass is 377 g/mol. The number of rotatable bonds is 6. The van der Waals surface area contributed by atoms with Crippen LogP contribution in [0.5, 0.6) is 0 Å². The van der Waals surface area contributed by atoms with E-state index in [2.05, 4.69) is 13.8 Å². The predicted molar refractivity (Wildman–Crippen MR) is 111 cm³/mol. The number of nitrogens with zero attached hydrogens (tertiary/aromatic N) is 1. The number of benzene rings is 2. The van der Waals surface area contributed by atoms with E-state index in [0.29, 0.717) is 18.0 Å². The van der Waals surface area contributed by atoms with E-state index in [1.165, 1.54) is 5.56 Å². The Labute approximate surface area is 166 Å². The molecular weight excluding hydrogens is 350 g/mol. The fourth-order valence-corrected chi connectivity index (χ4v) is 3.60. The minimum atomic E-state index is -0.615. The predicted octanol–water partition coefficient (Wildman–Crippen LogP) is 5.03. The maximum Gasteiger partial charge on any atom is 0.295 e. The summed E-state index contributed by atoms with van der Waals surface area (Å²) in [6.07, 6.45) is 1.72. The van der Waals surface area contributed by atoms with E-state index in [1.807, 2.05) is 37.3 Å². The molecule has 1 aliphatic heterocycles. The van der Waals surface area contributed by atoms with Crippen LogP contribution in [0.15, 0.2) is 60.2 Å². The molecule has 1 fully saturated rings. The summed E-state index contributed by atoms with van der Waals surface area (Å²) >= 11 is 0. The van der Waals surface area contributed by atoms with Gasteiger partial charge in [0.25, 0.3) is 11.7 Å². The number of ketones is 1. The van der Waals surface area contributed by atoms with Crippen molar-refractivity contribution < 1.29 is 14.7 Å². The topological polar surface area (TPSA) is 57.6 Å². The minimum absolute atomic E-state index is 0.115. The van der Waals surface area contributed by atoms with E-state index in [-0.39, 0.29) is 11.3 Å². The molecule has 4 heteroatoms. The van der Waals surface area contributed by atoms with E-state index < -0.39 is 17.7 Å². The summed E-state index contributed by atoms with van der Waals surface area (Å²) in [7, 11) is 0. The van der Waals surface area contributed by atoms with Gasteiger partial charge in [-0.3, -0.25) is 9.59 Å². The van der Waals surface area contributed by atoms with E-state index in [1.54, 1.807) is 29.2 Å². The van der Waals surface area contributed by atoms with Crippen LogP contribution in [-0.2, 0) is 9.59 Å².